The van der Waals surface area contributed by atoms with Gasteiger partial charge in [0.05, 0.1) is 5.92 Å². The Hall–Kier alpha value is -3.48. The maximum Gasteiger partial charge on any atom is 0.258 e. The summed E-state index contributed by atoms with van der Waals surface area (Å²) in [6.07, 6.45) is 6.00. The molecule has 5 rings (SSSR count). The summed E-state index contributed by atoms with van der Waals surface area (Å²) in [6.45, 7) is 0.525. The van der Waals surface area contributed by atoms with Crippen molar-refractivity contribution in [2.75, 3.05) is 11.9 Å². The summed E-state index contributed by atoms with van der Waals surface area (Å²) in [5.41, 5.74) is 2.35. The van der Waals surface area contributed by atoms with E-state index in [0.29, 0.717) is 36.4 Å². The van der Waals surface area contributed by atoms with Gasteiger partial charge in [-0.05, 0) is 37.1 Å². The van der Waals surface area contributed by atoms with Gasteiger partial charge in [0, 0.05) is 35.8 Å². The van der Waals surface area contributed by atoms with Gasteiger partial charge in [-0.15, -0.1) is 0 Å². The van der Waals surface area contributed by atoms with Gasteiger partial charge in [0.25, 0.3) is 5.89 Å². The summed E-state index contributed by atoms with van der Waals surface area (Å²) in [5.74, 6) is 0.665. The molecule has 7 nitrogen and oxygen atoms in total. The molecule has 1 aromatic heterocycles. The van der Waals surface area contributed by atoms with Crippen LogP contribution in [0.5, 0.6) is 0 Å². The van der Waals surface area contributed by atoms with Crippen LogP contribution in [0, 0.1) is 5.92 Å². The lowest BCUT2D eigenvalue weighted by Gasteiger charge is -2.31. The van der Waals surface area contributed by atoms with Crippen LogP contribution >= 0.6 is 0 Å². The van der Waals surface area contributed by atoms with Crippen LogP contribution in [0.2, 0.25) is 0 Å². The van der Waals surface area contributed by atoms with E-state index in [1.807, 2.05) is 59.5 Å². The second-order valence-electron chi connectivity index (χ2n) is 8.59. The predicted molar refractivity (Wildman–Crippen MR) is 120 cm³/mol. The summed E-state index contributed by atoms with van der Waals surface area (Å²) >= 11 is 0. The quantitative estimate of drug-likeness (QED) is 0.643. The minimum absolute atomic E-state index is 0.103. The molecule has 1 N–H and O–H groups in total. The first kappa shape index (κ1) is 20.4. The molecular formula is C25H26N4O3. The number of carbonyl (C=O) groups is 2. The molecule has 1 aliphatic carbocycles. The fraction of sp³-hybridized carbons (Fsp3) is 0.360. The highest BCUT2D eigenvalue weighted by Crippen LogP contribution is 2.29. The van der Waals surface area contributed by atoms with Crippen LogP contribution < -0.4 is 5.32 Å². The fourth-order valence-corrected chi connectivity index (χ4v) is 4.64. The molecule has 1 aliphatic heterocycles. The Morgan fingerprint density at radius 1 is 0.969 bits per heavy atom. The van der Waals surface area contributed by atoms with Gasteiger partial charge < -0.3 is 14.7 Å². The van der Waals surface area contributed by atoms with Crippen molar-refractivity contribution in [1.29, 1.82) is 0 Å². The Bertz CT molecular complexity index is 1090. The number of hydrogen-bond donors (Lipinski definition) is 1. The Balaban J connectivity index is 1.21. The third-order valence-electron chi connectivity index (χ3n) is 6.40. The van der Waals surface area contributed by atoms with Crippen molar-refractivity contribution in [2.45, 2.75) is 44.6 Å². The molecule has 2 aromatic carbocycles. The van der Waals surface area contributed by atoms with Crippen LogP contribution in [-0.4, -0.2) is 39.4 Å². The van der Waals surface area contributed by atoms with Crippen molar-refractivity contribution in [3.05, 3.63) is 54.6 Å². The topological polar surface area (TPSA) is 88.3 Å². The Labute approximate surface area is 186 Å². The van der Waals surface area contributed by atoms with Crippen molar-refractivity contribution in [3.63, 3.8) is 0 Å². The summed E-state index contributed by atoms with van der Waals surface area (Å²) in [5, 5.41) is 7.00. The number of anilines is 1. The van der Waals surface area contributed by atoms with Gasteiger partial charge in [-0.2, -0.15) is 4.98 Å². The average Bonchev–Trinajstić information content (AvgIpc) is 3.48. The molecule has 7 heteroatoms. The fourth-order valence-electron chi connectivity index (χ4n) is 4.64. The van der Waals surface area contributed by atoms with E-state index in [1.54, 1.807) is 0 Å². The molecule has 0 radical (unpaired) electrons. The molecule has 1 saturated heterocycles. The van der Waals surface area contributed by atoms with Crippen LogP contribution in [0.3, 0.4) is 0 Å². The molecule has 164 valence electrons. The smallest absolute Gasteiger partial charge is 0.258 e. The van der Waals surface area contributed by atoms with Gasteiger partial charge in [-0.1, -0.05) is 54.8 Å². The Morgan fingerprint density at radius 3 is 2.47 bits per heavy atom. The summed E-state index contributed by atoms with van der Waals surface area (Å²) < 4.78 is 5.40. The number of rotatable bonds is 5. The standard InChI is InChI=1S/C25H26N4O3/c30-22-15-19(16-29(22)21-9-5-2-6-10-21)24(31)26-20-13-11-18(12-14-20)25-27-23(28-32-25)17-7-3-1-4-8-17/h1,3-4,7-8,11-14,19,21H,2,5-6,9-10,15-16H2,(H,26,31). The zero-order valence-electron chi connectivity index (χ0n) is 17.9. The third-order valence-corrected chi connectivity index (χ3v) is 6.40. The summed E-state index contributed by atoms with van der Waals surface area (Å²) in [7, 11) is 0. The third kappa shape index (κ3) is 4.28. The van der Waals surface area contributed by atoms with E-state index < -0.39 is 0 Å². The minimum Gasteiger partial charge on any atom is -0.339 e. The number of nitrogens with zero attached hydrogens (tertiary/aromatic N) is 3. The van der Waals surface area contributed by atoms with Crippen molar-refractivity contribution in [1.82, 2.24) is 15.0 Å². The SMILES string of the molecule is O=C(Nc1ccc(-c2nc(-c3ccccc3)no2)cc1)C1CC(=O)N(C2CCCCC2)C1. The number of nitrogens with one attached hydrogen (secondary N) is 1. The molecule has 1 saturated carbocycles. The van der Waals surface area contributed by atoms with Crippen LogP contribution in [0.1, 0.15) is 38.5 Å². The van der Waals surface area contributed by atoms with E-state index in [-0.39, 0.29) is 17.7 Å². The normalized spacial score (nSPS) is 19.3. The lowest BCUT2D eigenvalue weighted by atomic mass is 9.94. The van der Waals surface area contributed by atoms with Crippen molar-refractivity contribution in [3.8, 4) is 22.8 Å². The van der Waals surface area contributed by atoms with Crippen LogP contribution in [0.4, 0.5) is 5.69 Å². The van der Waals surface area contributed by atoms with E-state index in [1.165, 1.54) is 19.3 Å². The van der Waals surface area contributed by atoms with Crippen LogP contribution in [0.15, 0.2) is 59.1 Å². The highest BCUT2D eigenvalue weighted by Gasteiger charge is 2.38. The summed E-state index contributed by atoms with van der Waals surface area (Å²) in [6, 6.07) is 17.3. The van der Waals surface area contributed by atoms with Crippen molar-refractivity contribution >= 4 is 17.5 Å². The Kier molecular flexibility index (Phi) is 5.71. The molecule has 2 fully saturated rings. The van der Waals surface area contributed by atoms with Crippen molar-refractivity contribution in [2.24, 2.45) is 5.92 Å². The molecule has 32 heavy (non-hydrogen) atoms. The molecule has 1 atom stereocenters. The molecular weight excluding hydrogens is 404 g/mol. The Morgan fingerprint density at radius 2 is 1.72 bits per heavy atom. The maximum absolute atomic E-state index is 12.8. The number of benzene rings is 2. The second kappa shape index (κ2) is 8.94. The molecule has 2 amide bonds. The molecule has 0 bridgehead atoms. The van der Waals surface area contributed by atoms with Crippen LogP contribution in [0.25, 0.3) is 22.8 Å². The number of amides is 2. The number of aromatic nitrogens is 2. The molecule has 2 aliphatic rings. The van der Waals surface area contributed by atoms with Crippen molar-refractivity contribution < 1.29 is 14.1 Å². The van der Waals surface area contributed by atoms with Gasteiger partial charge in [0.1, 0.15) is 0 Å². The highest BCUT2D eigenvalue weighted by molar-refractivity contribution is 5.97. The number of likely N-dealkylation sites (tertiary alicyclic amines) is 1. The van der Waals surface area contributed by atoms with Gasteiger partial charge in [0.2, 0.25) is 17.6 Å². The average molecular weight is 431 g/mol. The zero-order chi connectivity index (χ0) is 21.9. The summed E-state index contributed by atoms with van der Waals surface area (Å²) in [4.78, 5) is 31.6. The predicted octanol–water partition coefficient (Wildman–Crippen LogP) is 4.52. The molecule has 0 spiro atoms. The van der Waals surface area contributed by atoms with E-state index in [9.17, 15) is 9.59 Å². The zero-order valence-corrected chi connectivity index (χ0v) is 17.9. The van der Waals surface area contributed by atoms with Crippen LogP contribution in [-0.2, 0) is 9.59 Å². The monoisotopic (exact) mass is 430 g/mol. The van der Waals surface area contributed by atoms with Gasteiger partial charge in [0.15, 0.2) is 0 Å². The van der Waals surface area contributed by atoms with Gasteiger partial charge >= 0.3 is 0 Å². The second-order valence-corrected chi connectivity index (χ2v) is 8.59. The van der Waals surface area contributed by atoms with E-state index in [4.69, 9.17) is 4.52 Å². The first-order valence-electron chi connectivity index (χ1n) is 11.3. The number of carbonyl (C=O) groups excluding carboxylic acids is 2. The molecule has 1 unspecified atom stereocenters. The molecule has 3 aromatic rings. The number of hydrogen-bond acceptors (Lipinski definition) is 5. The van der Waals surface area contributed by atoms with E-state index in [2.05, 4.69) is 15.5 Å². The highest BCUT2D eigenvalue weighted by atomic mass is 16.5. The lowest BCUT2D eigenvalue weighted by Crippen LogP contribution is -2.38. The van der Waals surface area contributed by atoms with E-state index >= 15 is 0 Å². The van der Waals surface area contributed by atoms with Gasteiger partial charge in [-0.3, -0.25) is 9.59 Å². The maximum atomic E-state index is 12.8. The first-order valence-corrected chi connectivity index (χ1v) is 11.3. The lowest BCUT2D eigenvalue weighted by molar-refractivity contribution is -0.130. The first-order chi connectivity index (χ1) is 15.7. The van der Waals surface area contributed by atoms with E-state index in [0.717, 1.165) is 24.0 Å². The molecule has 2 heterocycles. The minimum atomic E-state index is -0.298. The largest absolute Gasteiger partial charge is 0.339 e. The van der Waals surface area contributed by atoms with Gasteiger partial charge in [-0.25, -0.2) is 0 Å².